The van der Waals surface area contributed by atoms with Gasteiger partial charge in [0.05, 0.1) is 0 Å². The lowest BCUT2D eigenvalue weighted by Gasteiger charge is -2.04. The van der Waals surface area contributed by atoms with Gasteiger partial charge in [0, 0.05) is 18.4 Å². The smallest absolute Gasteiger partial charge is 0.230 e. The lowest BCUT2D eigenvalue weighted by atomic mass is 10.1. The topological polar surface area (TPSA) is 51.0 Å². The van der Waals surface area contributed by atoms with Crippen molar-refractivity contribution in [2.75, 3.05) is 7.05 Å². The van der Waals surface area contributed by atoms with Gasteiger partial charge in [-0.3, -0.25) is 0 Å². The second-order valence-corrected chi connectivity index (χ2v) is 5.56. The summed E-state index contributed by atoms with van der Waals surface area (Å²) in [5, 5.41) is 7.04. The molecule has 1 aromatic carbocycles. The average Bonchev–Trinajstić information content (AvgIpc) is 3.13. The summed E-state index contributed by atoms with van der Waals surface area (Å²) in [5.74, 6) is 0.265. The van der Waals surface area contributed by atoms with Crippen LogP contribution in [0.25, 0.3) is 0 Å². The molecule has 0 aliphatic heterocycles. The average molecular weight is 330 g/mol. The Morgan fingerprint density at radius 2 is 2.14 bits per heavy atom. The number of hydrogen-bond donors (Lipinski definition) is 1. The van der Waals surface area contributed by atoms with E-state index in [1.165, 1.54) is 6.07 Å². The fourth-order valence-electron chi connectivity index (χ4n) is 2.49. The van der Waals surface area contributed by atoms with E-state index < -0.39 is 5.82 Å². The van der Waals surface area contributed by atoms with Gasteiger partial charge < -0.3 is 9.84 Å². The number of aromatic nitrogens is 2. The molecule has 1 heterocycles. The predicted molar refractivity (Wildman–Crippen MR) is 80.2 cm³/mol. The minimum Gasteiger partial charge on any atom is -0.339 e. The molecular formula is C15H18ClF2N3O. The molecule has 1 aliphatic carbocycles. The Morgan fingerprint density at radius 3 is 2.86 bits per heavy atom. The third-order valence-corrected chi connectivity index (χ3v) is 3.93. The van der Waals surface area contributed by atoms with E-state index >= 15 is 0 Å². The fourth-order valence-corrected chi connectivity index (χ4v) is 2.49. The van der Waals surface area contributed by atoms with Gasteiger partial charge >= 0.3 is 0 Å². The number of halogens is 3. The zero-order valence-corrected chi connectivity index (χ0v) is 13.2. The first-order valence-corrected chi connectivity index (χ1v) is 7.03. The minimum atomic E-state index is -0.425. The molecule has 7 heteroatoms. The van der Waals surface area contributed by atoms with Gasteiger partial charge in [0.15, 0.2) is 5.82 Å². The molecule has 0 amide bonds. The van der Waals surface area contributed by atoms with E-state index in [0.717, 1.165) is 12.1 Å². The van der Waals surface area contributed by atoms with Crippen LogP contribution in [-0.4, -0.2) is 23.2 Å². The summed E-state index contributed by atoms with van der Waals surface area (Å²) in [4.78, 5) is 4.35. The van der Waals surface area contributed by atoms with Crippen molar-refractivity contribution >= 4 is 12.4 Å². The molecule has 4 nitrogen and oxygen atoms in total. The Hall–Kier alpha value is -1.53. The van der Waals surface area contributed by atoms with E-state index in [4.69, 9.17) is 4.52 Å². The summed E-state index contributed by atoms with van der Waals surface area (Å²) < 4.78 is 32.2. The third-order valence-electron chi connectivity index (χ3n) is 3.93. The molecule has 3 atom stereocenters. The molecule has 1 aromatic heterocycles. The van der Waals surface area contributed by atoms with Gasteiger partial charge in [-0.05, 0) is 50.1 Å². The van der Waals surface area contributed by atoms with Gasteiger partial charge in [-0.2, -0.15) is 4.98 Å². The molecule has 1 saturated carbocycles. The zero-order valence-electron chi connectivity index (χ0n) is 12.3. The van der Waals surface area contributed by atoms with Gasteiger partial charge in [-0.15, -0.1) is 12.4 Å². The molecule has 2 aromatic rings. The Morgan fingerprint density at radius 1 is 1.36 bits per heavy atom. The number of nitrogens with zero attached hydrogens (tertiary/aromatic N) is 2. The van der Waals surface area contributed by atoms with Crippen molar-refractivity contribution in [3.05, 3.63) is 47.1 Å². The molecule has 3 rings (SSSR count). The van der Waals surface area contributed by atoms with Crippen LogP contribution in [0.15, 0.2) is 22.7 Å². The van der Waals surface area contributed by atoms with Crippen molar-refractivity contribution in [1.29, 1.82) is 0 Å². The maximum Gasteiger partial charge on any atom is 0.230 e. The van der Waals surface area contributed by atoms with Crippen LogP contribution < -0.4 is 5.32 Å². The van der Waals surface area contributed by atoms with Crippen molar-refractivity contribution in [1.82, 2.24) is 15.5 Å². The fraction of sp³-hybridized carbons (Fsp3) is 0.467. The monoisotopic (exact) mass is 329 g/mol. The molecule has 0 saturated heterocycles. The maximum atomic E-state index is 13.7. The molecule has 3 unspecified atom stereocenters. The van der Waals surface area contributed by atoms with Crippen LogP contribution in [0.3, 0.4) is 0 Å². The first kappa shape index (κ1) is 16.8. The molecule has 120 valence electrons. The normalized spacial score (nSPS) is 21.3. The number of rotatable bonds is 5. The van der Waals surface area contributed by atoms with Gasteiger partial charge in [0.1, 0.15) is 11.6 Å². The summed E-state index contributed by atoms with van der Waals surface area (Å²) in [7, 11) is 1.87. The Bertz CT molecular complexity index is 649. The van der Waals surface area contributed by atoms with Gasteiger partial charge in [-0.1, -0.05) is 5.16 Å². The molecule has 1 N–H and O–H groups in total. The molecule has 22 heavy (non-hydrogen) atoms. The van der Waals surface area contributed by atoms with E-state index in [1.54, 1.807) is 0 Å². The lowest BCUT2D eigenvalue weighted by molar-refractivity contribution is 0.370. The van der Waals surface area contributed by atoms with E-state index in [1.807, 2.05) is 14.0 Å². The summed E-state index contributed by atoms with van der Waals surface area (Å²) in [5.41, 5.74) is 0.392. The van der Waals surface area contributed by atoms with Crippen molar-refractivity contribution < 1.29 is 13.3 Å². The van der Waals surface area contributed by atoms with Crippen molar-refractivity contribution in [2.24, 2.45) is 0 Å². The number of hydrogen-bond acceptors (Lipinski definition) is 4. The van der Waals surface area contributed by atoms with E-state index in [-0.39, 0.29) is 36.1 Å². The predicted octanol–water partition coefficient (Wildman–Crippen LogP) is 3.19. The van der Waals surface area contributed by atoms with E-state index in [0.29, 0.717) is 30.1 Å². The first-order chi connectivity index (χ1) is 10.1. The molecule has 0 spiro atoms. The lowest BCUT2D eigenvalue weighted by Crippen LogP contribution is -2.24. The SMILES string of the molecule is CNC(C)Cc1noc(C2CC2c2cc(F)ccc2F)n1.Cl. The third kappa shape index (κ3) is 3.44. The number of likely N-dealkylation sites (N-methyl/N-ethyl adjacent to an activating group) is 1. The highest BCUT2D eigenvalue weighted by Gasteiger charge is 2.45. The second-order valence-electron chi connectivity index (χ2n) is 5.56. The summed E-state index contributed by atoms with van der Waals surface area (Å²) >= 11 is 0. The van der Waals surface area contributed by atoms with Crippen LogP contribution in [0, 0.1) is 11.6 Å². The van der Waals surface area contributed by atoms with Gasteiger partial charge in [0.25, 0.3) is 0 Å². The highest BCUT2D eigenvalue weighted by atomic mass is 35.5. The highest BCUT2D eigenvalue weighted by Crippen LogP contribution is 2.54. The van der Waals surface area contributed by atoms with Crippen molar-refractivity contribution in [2.45, 2.75) is 37.6 Å². The Balaban J connectivity index is 0.00000176. The second kappa shape index (κ2) is 6.71. The molecule has 1 aliphatic rings. The highest BCUT2D eigenvalue weighted by molar-refractivity contribution is 5.85. The number of nitrogens with one attached hydrogen (secondary N) is 1. The van der Waals surface area contributed by atoms with Gasteiger partial charge in [-0.25, -0.2) is 8.78 Å². The van der Waals surface area contributed by atoms with Crippen LogP contribution >= 0.6 is 12.4 Å². The maximum absolute atomic E-state index is 13.7. The summed E-state index contributed by atoms with van der Waals surface area (Å²) in [6.45, 7) is 2.03. The van der Waals surface area contributed by atoms with Crippen molar-refractivity contribution in [3.8, 4) is 0 Å². The quantitative estimate of drug-likeness (QED) is 0.915. The number of benzene rings is 1. The van der Waals surface area contributed by atoms with Crippen LogP contribution in [0.4, 0.5) is 8.78 Å². The van der Waals surface area contributed by atoms with E-state index in [9.17, 15) is 8.78 Å². The molecule has 0 bridgehead atoms. The Kier molecular flexibility index (Phi) is 5.13. The molecule has 0 radical (unpaired) electrons. The van der Waals surface area contributed by atoms with Crippen molar-refractivity contribution in [3.63, 3.8) is 0 Å². The summed E-state index contributed by atoms with van der Waals surface area (Å²) in [6.07, 6.45) is 1.38. The first-order valence-electron chi connectivity index (χ1n) is 7.03. The van der Waals surface area contributed by atoms with Crippen LogP contribution in [0.1, 0.15) is 42.5 Å². The van der Waals surface area contributed by atoms with Crippen LogP contribution in [0.5, 0.6) is 0 Å². The van der Waals surface area contributed by atoms with Gasteiger partial charge in [0.2, 0.25) is 5.89 Å². The Labute approximate surface area is 133 Å². The molecular weight excluding hydrogens is 312 g/mol. The molecule has 1 fully saturated rings. The largest absolute Gasteiger partial charge is 0.339 e. The minimum absolute atomic E-state index is 0. The zero-order chi connectivity index (χ0) is 15.0. The summed E-state index contributed by atoms with van der Waals surface area (Å²) in [6, 6.07) is 3.79. The van der Waals surface area contributed by atoms with E-state index in [2.05, 4.69) is 15.5 Å². The standard InChI is InChI=1S/C15H17F2N3O.ClH/c1-8(18-2)5-14-19-15(21-20-14)12-7-10(12)11-6-9(16)3-4-13(11)17;/h3-4,6,8,10,12,18H,5,7H2,1-2H3;1H. The van der Waals surface area contributed by atoms with Crippen LogP contribution in [-0.2, 0) is 6.42 Å². The van der Waals surface area contributed by atoms with Crippen LogP contribution in [0.2, 0.25) is 0 Å².